The molecular formula is C7H12N2O3. The van der Waals surface area contributed by atoms with Gasteiger partial charge >= 0.3 is 5.97 Å². The summed E-state index contributed by atoms with van der Waals surface area (Å²) in [7, 11) is 0. The first-order valence-corrected chi connectivity index (χ1v) is 4.10. The van der Waals surface area contributed by atoms with E-state index < -0.39 is 12.0 Å². The lowest BCUT2D eigenvalue weighted by Gasteiger charge is -2.28. The number of ether oxygens (including phenoxy) is 1. The molecular weight excluding hydrogens is 160 g/mol. The highest BCUT2D eigenvalue weighted by Crippen LogP contribution is 2.14. The number of hydrogen-bond donors (Lipinski definition) is 3. The molecule has 68 valence electrons. The monoisotopic (exact) mass is 172 g/mol. The Morgan fingerprint density at radius 3 is 3.08 bits per heavy atom. The zero-order valence-corrected chi connectivity index (χ0v) is 6.62. The molecule has 0 radical (unpaired) electrons. The quantitative estimate of drug-likeness (QED) is 0.444. The lowest BCUT2D eigenvalue weighted by molar-refractivity contribution is -0.140. The van der Waals surface area contributed by atoms with Gasteiger partial charge in [0.05, 0.1) is 18.8 Å². The summed E-state index contributed by atoms with van der Waals surface area (Å²) in [4.78, 5) is 10.7. The second-order valence-corrected chi connectivity index (χ2v) is 3.11. The van der Waals surface area contributed by atoms with Gasteiger partial charge in [-0.15, -0.1) is 0 Å². The lowest BCUT2D eigenvalue weighted by atomic mass is 10.1. The van der Waals surface area contributed by atoms with Crippen LogP contribution < -0.4 is 10.6 Å². The van der Waals surface area contributed by atoms with Crippen molar-refractivity contribution in [3.05, 3.63) is 0 Å². The maximum absolute atomic E-state index is 10.7. The number of carbonyl (C=O) groups is 1. The minimum atomic E-state index is -0.805. The van der Waals surface area contributed by atoms with Gasteiger partial charge in [0.15, 0.2) is 0 Å². The molecule has 3 unspecified atom stereocenters. The normalized spacial score (nSPS) is 40.8. The van der Waals surface area contributed by atoms with E-state index in [1.54, 1.807) is 0 Å². The standard InChI is InChI=1S/C7H12N2O3/c10-7(11)6-5-4(3-9-6)12-2-1-8-5/h4-6,8-9H,1-3H2,(H,10,11). The number of morpholine rings is 1. The van der Waals surface area contributed by atoms with E-state index in [1.165, 1.54) is 0 Å². The molecule has 0 amide bonds. The van der Waals surface area contributed by atoms with E-state index in [1.807, 2.05) is 0 Å². The minimum absolute atomic E-state index is 0.0276. The van der Waals surface area contributed by atoms with Gasteiger partial charge < -0.3 is 20.5 Å². The van der Waals surface area contributed by atoms with Crippen LogP contribution in [0.15, 0.2) is 0 Å². The predicted molar refractivity (Wildman–Crippen MR) is 41.0 cm³/mol. The van der Waals surface area contributed by atoms with Crippen molar-refractivity contribution in [1.29, 1.82) is 0 Å². The predicted octanol–water partition coefficient (Wildman–Crippen LogP) is -1.60. The molecule has 2 saturated heterocycles. The fourth-order valence-electron chi connectivity index (χ4n) is 1.80. The number of carboxylic acid groups (broad SMARTS) is 1. The number of aliphatic carboxylic acids is 1. The van der Waals surface area contributed by atoms with E-state index in [9.17, 15) is 4.79 Å². The van der Waals surface area contributed by atoms with Gasteiger partial charge in [0.2, 0.25) is 0 Å². The Bertz CT molecular complexity index is 197. The molecule has 12 heavy (non-hydrogen) atoms. The summed E-state index contributed by atoms with van der Waals surface area (Å²) in [5.74, 6) is -0.805. The van der Waals surface area contributed by atoms with E-state index in [2.05, 4.69) is 10.6 Å². The van der Waals surface area contributed by atoms with E-state index >= 15 is 0 Å². The van der Waals surface area contributed by atoms with Crippen molar-refractivity contribution >= 4 is 5.97 Å². The SMILES string of the molecule is O=C(O)C1NCC2OCCNC21. The Labute approximate surface area is 70.1 Å². The molecule has 2 aliphatic heterocycles. The molecule has 0 aromatic rings. The summed E-state index contributed by atoms with van der Waals surface area (Å²) in [5, 5.41) is 14.8. The Balaban J connectivity index is 2.05. The molecule has 0 aromatic carbocycles. The van der Waals surface area contributed by atoms with E-state index in [0.29, 0.717) is 13.2 Å². The van der Waals surface area contributed by atoms with Crippen LogP contribution in [0.1, 0.15) is 0 Å². The third-order valence-electron chi connectivity index (χ3n) is 2.38. The fraction of sp³-hybridized carbons (Fsp3) is 0.857. The average molecular weight is 172 g/mol. The number of hydrogen-bond acceptors (Lipinski definition) is 4. The molecule has 0 saturated carbocycles. The largest absolute Gasteiger partial charge is 0.480 e. The molecule has 0 aliphatic carbocycles. The zero-order valence-electron chi connectivity index (χ0n) is 6.62. The van der Waals surface area contributed by atoms with Crippen molar-refractivity contribution in [1.82, 2.24) is 10.6 Å². The Morgan fingerprint density at radius 2 is 2.33 bits per heavy atom. The van der Waals surface area contributed by atoms with Gasteiger partial charge in [0.1, 0.15) is 6.04 Å². The lowest BCUT2D eigenvalue weighted by Crippen LogP contribution is -2.53. The van der Waals surface area contributed by atoms with Crippen LogP contribution in [0.5, 0.6) is 0 Å². The van der Waals surface area contributed by atoms with Crippen molar-refractivity contribution in [2.75, 3.05) is 19.7 Å². The van der Waals surface area contributed by atoms with Crippen LogP contribution in [-0.2, 0) is 9.53 Å². The summed E-state index contributed by atoms with van der Waals surface area (Å²) < 4.78 is 5.39. The molecule has 5 nitrogen and oxygen atoms in total. The summed E-state index contributed by atoms with van der Waals surface area (Å²) in [5.41, 5.74) is 0. The smallest absolute Gasteiger partial charge is 0.322 e. The number of rotatable bonds is 1. The first-order chi connectivity index (χ1) is 5.79. The van der Waals surface area contributed by atoms with Gasteiger partial charge in [-0.05, 0) is 0 Å². The van der Waals surface area contributed by atoms with Gasteiger partial charge in [0, 0.05) is 13.1 Å². The average Bonchev–Trinajstić information content (AvgIpc) is 2.47. The molecule has 0 aromatic heterocycles. The van der Waals surface area contributed by atoms with Crippen LogP contribution >= 0.6 is 0 Å². The maximum Gasteiger partial charge on any atom is 0.322 e. The first-order valence-electron chi connectivity index (χ1n) is 4.10. The Morgan fingerprint density at radius 1 is 1.50 bits per heavy atom. The highest BCUT2D eigenvalue weighted by molar-refractivity contribution is 5.75. The molecule has 2 rings (SSSR count). The molecule has 0 spiro atoms. The Hall–Kier alpha value is -0.650. The van der Waals surface area contributed by atoms with Crippen molar-refractivity contribution in [2.24, 2.45) is 0 Å². The van der Waals surface area contributed by atoms with Crippen LogP contribution in [0, 0.1) is 0 Å². The number of fused-ring (bicyclic) bond motifs is 1. The summed E-state index contributed by atoms with van der Waals surface area (Å²) in [6.07, 6.45) is 0.0276. The molecule has 5 heteroatoms. The highest BCUT2D eigenvalue weighted by Gasteiger charge is 2.41. The third-order valence-corrected chi connectivity index (χ3v) is 2.38. The van der Waals surface area contributed by atoms with Crippen LogP contribution in [0.4, 0.5) is 0 Å². The summed E-state index contributed by atoms with van der Waals surface area (Å²) in [6, 6.07) is -0.549. The van der Waals surface area contributed by atoms with Gasteiger partial charge in [-0.1, -0.05) is 0 Å². The zero-order chi connectivity index (χ0) is 8.55. The van der Waals surface area contributed by atoms with E-state index in [4.69, 9.17) is 9.84 Å². The van der Waals surface area contributed by atoms with Crippen molar-refractivity contribution in [3.8, 4) is 0 Å². The first kappa shape index (κ1) is 7.97. The van der Waals surface area contributed by atoms with Crippen LogP contribution in [0.3, 0.4) is 0 Å². The molecule has 3 N–H and O–H groups in total. The van der Waals surface area contributed by atoms with Gasteiger partial charge in [0.25, 0.3) is 0 Å². The molecule has 2 aliphatic rings. The van der Waals surface area contributed by atoms with Crippen molar-refractivity contribution in [2.45, 2.75) is 18.2 Å². The maximum atomic E-state index is 10.7. The molecule has 2 fully saturated rings. The molecule has 0 bridgehead atoms. The summed E-state index contributed by atoms with van der Waals surface area (Å²) in [6.45, 7) is 2.05. The summed E-state index contributed by atoms with van der Waals surface area (Å²) >= 11 is 0. The second-order valence-electron chi connectivity index (χ2n) is 3.11. The van der Waals surface area contributed by atoms with Crippen LogP contribution in [-0.4, -0.2) is 49.0 Å². The van der Waals surface area contributed by atoms with Crippen molar-refractivity contribution < 1.29 is 14.6 Å². The highest BCUT2D eigenvalue weighted by atomic mass is 16.5. The van der Waals surface area contributed by atoms with Gasteiger partial charge in [-0.2, -0.15) is 0 Å². The number of carboxylic acids is 1. The molecule has 2 heterocycles. The van der Waals surface area contributed by atoms with E-state index in [0.717, 1.165) is 6.54 Å². The fourth-order valence-corrected chi connectivity index (χ4v) is 1.80. The van der Waals surface area contributed by atoms with Crippen molar-refractivity contribution in [3.63, 3.8) is 0 Å². The van der Waals surface area contributed by atoms with Gasteiger partial charge in [-0.25, -0.2) is 0 Å². The third kappa shape index (κ3) is 1.20. The van der Waals surface area contributed by atoms with Gasteiger partial charge in [-0.3, -0.25) is 4.79 Å². The van der Waals surface area contributed by atoms with Crippen LogP contribution in [0.25, 0.3) is 0 Å². The topological polar surface area (TPSA) is 70.6 Å². The van der Waals surface area contributed by atoms with Crippen LogP contribution in [0.2, 0.25) is 0 Å². The van der Waals surface area contributed by atoms with E-state index in [-0.39, 0.29) is 12.1 Å². The minimum Gasteiger partial charge on any atom is -0.480 e. The second kappa shape index (κ2) is 3.01. The number of nitrogens with one attached hydrogen (secondary N) is 2. The molecule has 3 atom stereocenters. The Kier molecular flexibility index (Phi) is 2.00.